The molecular formula is C16H19N5S. The molecule has 1 N–H and O–H groups in total. The summed E-state index contributed by atoms with van der Waals surface area (Å²) in [7, 11) is 0. The van der Waals surface area contributed by atoms with Crippen molar-refractivity contribution in [3.05, 3.63) is 42.5 Å². The molecule has 6 heteroatoms. The van der Waals surface area contributed by atoms with Crippen LogP contribution in [-0.4, -0.2) is 37.4 Å². The van der Waals surface area contributed by atoms with Gasteiger partial charge in [0.15, 0.2) is 11.5 Å². The standard InChI is InChI=1S/C16H19N5S/c1-16(2,22-3)11-17-13-9-10-14-18-19-15(21(14)20-13)12-7-5-4-6-8-12/h4-10H,11H2,1-3H3,(H,17,20). The lowest BCUT2D eigenvalue weighted by atomic mass is 10.2. The third kappa shape index (κ3) is 3.06. The summed E-state index contributed by atoms with van der Waals surface area (Å²) in [4.78, 5) is 0. The smallest absolute Gasteiger partial charge is 0.185 e. The molecule has 0 aliphatic heterocycles. The Morgan fingerprint density at radius 1 is 1.09 bits per heavy atom. The first-order valence-electron chi connectivity index (χ1n) is 7.16. The molecule has 2 heterocycles. The van der Waals surface area contributed by atoms with Crippen molar-refractivity contribution in [2.75, 3.05) is 18.1 Å². The van der Waals surface area contributed by atoms with Crippen molar-refractivity contribution in [3.8, 4) is 11.4 Å². The van der Waals surface area contributed by atoms with Gasteiger partial charge in [-0.05, 0) is 32.2 Å². The largest absolute Gasteiger partial charge is 0.367 e. The van der Waals surface area contributed by atoms with E-state index >= 15 is 0 Å². The number of benzene rings is 1. The first kappa shape index (κ1) is 14.8. The summed E-state index contributed by atoms with van der Waals surface area (Å²) in [5.41, 5.74) is 1.75. The maximum Gasteiger partial charge on any atom is 0.185 e. The van der Waals surface area contributed by atoms with Gasteiger partial charge in [-0.3, -0.25) is 0 Å². The average Bonchev–Trinajstić information content (AvgIpc) is 2.97. The number of anilines is 1. The van der Waals surface area contributed by atoms with Crippen molar-refractivity contribution >= 4 is 23.2 Å². The van der Waals surface area contributed by atoms with E-state index in [1.54, 1.807) is 4.52 Å². The minimum atomic E-state index is 0.159. The van der Waals surface area contributed by atoms with Crippen LogP contribution in [0.25, 0.3) is 17.0 Å². The van der Waals surface area contributed by atoms with Gasteiger partial charge in [-0.1, -0.05) is 30.3 Å². The molecule has 0 saturated heterocycles. The van der Waals surface area contributed by atoms with Gasteiger partial charge in [0.2, 0.25) is 0 Å². The Bertz CT molecular complexity index is 767. The molecule has 0 unspecified atom stereocenters. The predicted octanol–water partition coefficient (Wildman–Crippen LogP) is 3.34. The van der Waals surface area contributed by atoms with Crippen LogP contribution in [0, 0.1) is 0 Å². The molecule has 0 aliphatic carbocycles. The number of hydrogen-bond acceptors (Lipinski definition) is 5. The highest BCUT2D eigenvalue weighted by Crippen LogP contribution is 2.22. The van der Waals surface area contributed by atoms with Crippen LogP contribution in [0.3, 0.4) is 0 Å². The second kappa shape index (κ2) is 5.96. The molecule has 2 aromatic heterocycles. The summed E-state index contributed by atoms with van der Waals surface area (Å²) in [6, 6.07) is 13.8. The third-order valence-corrected chi connectivity index (χ3v) is 4.79. The molecule has 0 fully saturated rings. The molecule has 3 rings (SSSR count). The van der Waals surface area contributed by atoms with Crippen molar-refractivity contribution < 1.29 is 0 Å². The van der Waals surface area contributed by atoms with Gasteiger partial charge in [-0.15, -0.1) is 15.3 Å². The average molecular weight is 313 g/mol. The first-order chi connectivity index (χ1) is 10.6. The van der Waals surface area contributed by atoms with Crippen LogP contribution in [0.15, 0.2) is 42.5 Å². The topological polar surface area (TPSA) is 55.1 Å². The minimum absolute atomic E-state index is 0.159. The monoisotopic (exact) mass is 313 g/mol. The van der Waals surface area contributed by atoms with E-state index in [4.69, 9.17) is 0 Å². The quantitative estimate of drug-likeness (QED) is 0.783. The summed E-state index contributed by atoms with van der Waals surface area (Å²) in [6.07, 6.45) is 2.12. The first-order valence-corrected chi connectivity index (χ1v) is 8.38. The molecule has 3 aromatic rings. The van der Waals surface area contributed by atoms with Gasteiger partial charge < -0.3 is 5.32 Å². The van der Waals surface area contributed by atoms with Crippen molar-refractivity contribution in [1.29, 1.82) is 0 Å². The highest BCUT2D eigenvalue weighted by Gasteiger charge is 2.16. The second-order valence-electron chi connectivity index (χ2n) is 5.70. The van der Waals surface area contributed by atoms with Crippen LogP contribution in [-0.2, 0) is 0 Å². The SMILES string of the molecule is CSC(C)(C)CNc1ccc2nnc(-c3ccccc3)n2n1. The second-order valence-corrected chi connectivity index (χ2v) is 7.21. The van der Waals surface area contributed by atoms with E-state index in [2.05, 4.69) is 40.7 Å². The normalized spacial score (nSPS) is 11.8. The Hall–Kier alpha value is -2.08. The number of hydrogen-bond donors (Lipinski definition) is 1. The Morgan fingerprint density at radius 2 is 1.86 bits per heavy atom. The molecule has 0 saturated carbocycles. The number of thioether (sulfide) groups is 1. The molecular weight excluding hydrogens is 294 g/mol. The van der Waals surface area contributed by atoms with Crippen LogP contribution in [0.4, 0.5) is 5.82 Å². The van der Waals surface area contributed by atoms with E-state index in [1.807, 2.05) is 54.2 Å². The third-order valence-electron chi connectivity index (χ3n) is 3.54. The highest BCUT2D eigenvalue weighted by atomic mass is 32.2. The summed E-state index contributed by atoms with van der Waals surface area (Å²) in [6.45, 7) is 5.25. The zero-order valence-electron chi connectivity index (χ0n) is 12.9. The van der Waals surface area contributed by atoms with Crippen LogP contribution in [0.2, 0.25) is 0 Å². The number of nitrogens with one attached hydrogen (secondary N) is 1. The van der Waals surface area contributed by atoms with E-state index in [0.717, 1.165) is 29.4 Å². The van der Waals surface area contributed by atoms with Crippen LogP contribution < -0.4 is 5.32 Å². The lowest BCUT2D eigenvalue weighted by molar-refractivity contribution is 0.746. The Morgan fingerprint density at radius 3 is 2.59 bits per heavy atom. The molecule has 0 amide bonds. The van der Waals surface area contributed by atoms with Gasteiger partial charge in [-0.2, -0.15) is 16.3 Å². The van der Waals surface area contributed by atoms with Crippen molar-refractivity contribution in [1.82, 2.24) is 19.8 Å². The summed E-state index contributed by atoms with van der Waals surface area (Å²) < 4.78 is 1.94. The van der Waals surface area contributed by atoms with Gasteiger partial charge in [0, 0.05) is 16.9 Å². The molecule has 114 valence electrons. The molecule has 0 spiro atoms. The Kier molecular flexibility index (Phi) is 4.02. The summed E-state index contributed by atoms with van der Waals surface area (Å²) >= 11 is 1.83. The molecule has 0 radical (unpaired) electrons. The van der Waals surface area contributed by atoms with E-state index in [9.17, 15) is 0 Å². The predicted molar refractivity (Wildman–Crippen MR) is 92.3 cm³/mol. The molecule has 0 atom stereocenters. The van der Waals surface area contributed by atoms with E-state index in [-0.39, 0.29) is 4.75 Å². The molecule has 0 bridgehead atoms. The van der Waals surface area contributed by atoms with E-state index in [1.165, 1.54) is 0 Å². The summed E-state index contributed by atoms with van der Waals surface area (Å²) in [5.74, 6) is 1.58. The van der Waals surface area contributed by atoms with Gasteiger partial charge in [0.25, 0.3) is 0 Å². The Balaban J connectivity index is 1.92. The van der Waals surface area contributed by atoms with Gasteiger partial charge in [0.1, 0.15) is 5.82 Å². The van der Waals surface area contributed by atoms with E-state index in [0.29, 0.717) is 0 Å². The zero-order chi connectivity index (χ0) is 15.6. The minimum Gasteiger partial charge on any atom is -0.367 e. The number of nitrogens with zero attached hydrogens (tertiary/aromatic N) is 4. The van der Waals surface area contributed by atoms with Gasteiger partial charge in [-0.25, -0.2) is 0 Å². The van der Waals surface area contributed by atoms with Crippen LogP contribution in [0.5, 0.6) is 0 Å². The molecule has 5 nitrogen and oxygen atoms in total. The van der Waals surface area contributed by atoms with Crippen LogP contribution >= 0.6 is 11.8 Å². The van der Waals surface area contributed by atoms with Crippen molar-refractivity contribution in [2.24, 2.45) is 0 Å². The lowest BCUT2D eigenvalue weighted by Crippen LogP contribution is -2.26. The van der Waals surface area contributed by atoms with Crippen LogP contribution in [0.1, 0.15) is 13.8 Å². The number of rotatable bonds is 5. The summed E-state index contributed by atoms with van der Waals surface area (Å²) in [5, 5.41) is 16.4. The fraction of sp³-hybridized carbons (Fsp3) is 0.312. The van der Waals surface area contributed by atoms with Gasteiger partial charge in [0.05, 0.1) is 0 Å². The number of fused-ring (bicyclic) bond motifs is 1. The molecule has 22 heavy (non-hydrogen) atoms. The van der Waals surface area contributed by atoms with Gasteiger partial charge >= 0.3 is 0 Å². The fourth-order valence-electron chi connectivity index (χ4n) is 2.03. The van der Waals surface area contributed by atoms with E-state index < -0.39 is 0 Å². The maximum absolute atomic E-state index is 4.62. The molecule has 0 aliphatic rings. The Labute approximate surface area is 134 Å². The maximum atomic E-state index is 4.62. The number of aromatic nitrogens is 4. The van der Waals surface area contributed by atoms with Crippen molar-refractivity contribution in [3.63, 3.8) is 0 Å². The zero-order valence-corrected chi connectivity index (χ0v) is 13.8. The lowest BCUT2D eigenvalue weighted by Gasteiger charge is -2.22. The molecule has 1 aromatic carbocycles. The van der Waals surface area contributed by atoms with Crippen molar-refractivity contribution in [2.45, 2.75) is 18.6 Å². The fourth-order valence-corrected chi connectivity index (χ4v) is 2.24. The highest BCUT2D eigenvalue weighted by molar-refractivity contribution is 7.99.